The number of nitrogens with zero attached hydrogens (tertiary/aromatic N) is 2. The fraction of sp³-hybridized carbons (Fsp3) is 0.500. The lowest BCUT2D eigenvalue weighted by molar-refractivity contribution is 0.313. The standard InChI is InChI=1S/C14H20ClN3/c1-14(2,3)11(16)8-12-17-10-7-5-6-9(15)13(10)18(12)4/h5-7,11H,8,16H2,1-4H3. The van der Waals surface area contributed by atoms with Crippen molar-refractivity contribution >= 4 is 22.6 Å². The highest BCUT2D eigenvalue weighted by atomic mass is 35.5. The van der Waals surface area contributed by atoms with Crippen molar-refractivity contribution in [3.8, 4) is 0 Å². The number of hydrogen-bond acceptors (Lipinski definition) is 2. The number of halogens is 1. The SMILES string of the molecule is Cn1c(CC(N)C(C)(C)C)nc2cccc(Cl)c21. The minimum atomic E-state index is 0.0714. The number of imidazole rings is 1. The number of para-hydroxylation sites is 1. The van der Waals surface area contributed by atoms with Gasteiger partial charge >= 0.3 is 0 Å². The summed E-state index contributed by atoms with van der Waals surface area (Å²) in [6.07, 6.45) is 0.755. The molecule has 1 atom stereocenters. The molecule has 0 spiro atoms. The first-order valence-corrected chi connectivity index (χ1v) is 6.54. The molecule has 4 heteroatoms. The summed E-state index contributed by atoms with van der Waals surface area (Å²) in [7, 11) is 1.99. The largest absolute Gasteiger partial charge is 0.330 e. The van der Waals surface area contributed by atoms with Crippen molar-refractivity contribution in [2.24, 2.45) is 18.2 Å². The lowest BCUT2D eigenvalue weighted by Gasteiger charge is -2.26. The number of nitrogens with two attached hydrogens (primary N) is 1. The van der Waals surface area contributed by atoms with E-state index in [1.807, 2.05) is 29.8 Å². The summed E-state index contributed by atoms with van der Waals surface area (Å²) in [6, 6.07) is 5.86. The van der Waals surface area contributed by atoms with Crippen LogP contribution in [-0.4, -0.2) is 15.6 Å². The van der Waals surface area contributed by atoms with E-state index in [4.69, 9.17) is 17.3 Å². The summed E-state index contributed by atoms with van der Waals surface area (Å²) >= 11 is 6.21. The number of aromatic nitrogens is 2. The van der Waals surface area contributed by atoms with Gasteiger partial charge in [0.1, 0.15) is 5.82 Å². The highest BCUT2D eigenvalue weighted by Crippen LogP contribution is 2.26. The van der Waals surface area contributed by atoms with E-state index in [2.05, 4.69) is 25.8 Å². The molecule has 1 heterocycles. The monoisotopic (exact) mass is 265 g/mol. The van der Waals surface area contributed by atoms with Crippen LogP contribution >= 0.6 is 11.6 Å². The molecule has 1 aromatic heterocycles. The Morgan fingerprint density at radius 3 is 2.61 bits per heavy atom. The highest BCUT2D eigenvalue weighted by molar-refractivity contribution is 6.35. The van der Waals surface area contributed by atoms with E-state index in [-0.39, 0.29) is 11.5 Å². The Labute approximate surface area is 113 Å². The normalized spacial score (nSPS) is 14.1. The molecule has 18 heavy (non-hydrogen) atoms. The molecular weight excluding hydrogens is 246 g/mol. The average molecular weight is 266 g/mol. The zero-order valence-corrected chi connectivity index (χ0v) is 12.1. The third-order valence-corrected chi connectivity index (χ3v) is 3.76. The summed E-state index contributed by atoms with van der Waals surface area (Å²) < 4.78 is 2.04. The van der Waals surface area contributed by atoms with Crippen LogP contribution in [0.1, 0.15) is 26.6 Å². The molecule has 1 unspecified atom stereocenters. The smallest absolute Gasteiger partial charge is 0.111 e. The summed E-state index contributed by atoms with van der Waals surface area (Å²) in [6.45, 7) is 6.44. The van der Waals surface area contributed by atoms with Gasteiger partial charge in [-0.25, -0.2) is 4.98 Å². The molecule has 0 saturated carbocycles. The van der Waals surface area contributed by atoms with Crippen LogP contribution in [0.15, 0.2) is 18.2 Å². The van der Waals surface area contributed by atoms with Crippen LogP contribution in [0.3, 0.4) is 0 Å². The summed E-state index contributed by atoms with van der Waals surface area (Å²) in [5.41, 5.74) is 8.21. The third-order valence-electron chi connectivity index (χ3n) is 3.45. The van der Waals surface area contributed by atoms with E-state index in [9.17, 15) is 0 Å². The molecule has 1 aromatic carbocycles. The average Bonchev–Trinajstić information content (AvgIpc) is 2.56. The van der Waals surface area contributed by atoms with Gasteiger partial charge in [0, 0.05) is 19.5 Å². The molecule has 2 N–H and O–H groups in total. The number of rotatable bonds is 2. The van der Waals surface area contributed by atoms with Crippen molar-refractivity contribution in [2.75, 3.05) is 0 Å². The van der Waals surface area contributed by atoms with E-state index >= 15 is 0 Å². The van der Waals surface area contributed by atoms with Gasteiger partial charge in [0.25, 0.3) is 0 Å². The second-order valence-electron chi connectivity index (χ2n) is 5.87. The molecule has 0 aliphatic heterocycles. The van der Waals surface area contributed by atoms with Gasteiger partial charge < -0.3 is 10.3 Å². The topological polar surface area (TPSA) is 43.8 Å². The predicted octanol–water partition coefficient (Wildman–Crippen LogP) is 3.14. The van der Waals surface area contributed by atoms with Crippen molar-refractivity contribution in [1.29, 1.82) is 0 Å². The molecule has 2 rings (SSSR count). The maximum Gasteiger partial charge on any atom is 0.111 e. The molecule has 0 aliphatic carbocycles. The van der Waals surface area contributed by atoms with Crippen molar-refractivity contribution in [1.82, 2.24) is 9.55 Å². The maximum absolute atomic E-state index is 6.23. The second kappa shape index (κ2) is 4.56. The fourth-order valence-electron chi connectivity index (χ4n) is 1.95. The lowest BCUT2D eigenvalue weighted by Crippen LogP contribution is -2.37. The number of fused-ring (bicyclic) bond motifs is 1. The quantitative estimate of drug-likeness (QED) is 0.907. The molecule has 98 valence electrons. The zero-order chi connectivity index (χ0) is 13.5. The Morgan fingerprint density at radius 2 is 2.06 bits per heavy atom. The van der Waals surface area contributed by atoms with Crippen molar-refractivity contribution in [3.63, 3.8) is 0 Å². The van der Waals surface area contributed by atoms with Gasteiger partial charge in [-0.3, -0.25) is 0 Å². The predicted molar refractivity (Wildman–Crippen MR) is 76.9 cm³/mol. The van der Waals surface area contributed by atoms with Crippen LogP contribution < -0.4 is 5.73 Å². The van der Waals surface area contributed by atoms with E-state index in [1.54, 1.807) is 0 Å². The second-order valence-corrected chi connectivity index (χ2v) is 6.28. The molecule has 0 amide bonds. The first kappa shape index (κ1) is 13.4. The van der Waals surface area contributed by atoms with E-state index in [1.165, 1.54) is 0 Å². The molecule has 2 aromatic rings. The molecular formula is C14H20ClN3. The van der Waals surface area contributed by atoms with E-state index in [0.29, 0.717) is 0 Å². The first-order valence-electron chi connectivity index (χ1n) is 6.16. The third kappa shape index (κ3) is 2.38. The Balaban J connectivity index is 2.41. The Kier molecular flexibility index (Phi) is 3.39. The van der Waals surface area contributed by atoms with E-state index in [0.717, 1.165) is 28.3 Å². The minimum absolute atomic E-state index is 0.0714. The van der Waals surface area contributed by atoms with Gasteiger partial charge in [-0.05, 0) is 17.5 Å². The van der Waals surface area contributed by atoms with Crippen molar-refractivity contribution < 1.29 is 0 Å². The molecule has 0 radical (unpaired) electrons. The Bertz CT molecular complexity index is 566. The number of benzene rings is 1. The Morgan fingerprint density at radius 1 is 1.39 bits per heavy atom. The number of hydrogen-bond donors (Lipinski definition) is 1. The summed E-state index contributed by atoms with van der Waals surface area (Å²) in [5.74, 6) is 0.987. The fourth-order valence-corrected chi connectivity index (χ4v) is 2.25. The van der Waals surface area contributed by atoms with Crippen LogP contribution in [0, 0.1) is 5.41 Å². The van der Waals surface area contributed by atoms with E-state index < -0.39 is 0 Å². The molecule has 0 bridgehead atoms. The molecule has 0 saturated heterocycles. The van der Waals surface area contributed by atoms with Crippen LogP contribution in [-0.2, 0) is 13.5 Å². The van der Waals surface area contributed by atoms with Crippen LogP contribution in [0.5, 0.6) is 0 Å². The van der Waals surface area contributed by atoms with Crippen LogP contribution in [0.4, 0.5) is 0 Å². The van der Waals surface area contributed by atoms with Crippen LogP contribution in [0.2, 0.25) is 5.02 Å². The maximum atomic E-state index is 6.23. The van der Waals surface area contributed by atoms with Crippen LogP contribution in [0.25, 0.3) is 11.0 Å². The summed E-state index contributed by atoms with van der Waals surface area (Å²) in [5, 5.41) is 0.734. The van der Waals surface area contributed by atoms with Gasteiger partial charge in [-0.2, -0.15) is 0 Å². The van der Waals surface area contributed by atoms with Crippen molar-refractivity contribution in [2.45, 2.75) is 33.2 Å². The molecule has 0 fully saturated rings. The minimum Gasteiger partial charge on any atom is -0.330 e. The zero-order valence-electron chi connectivity index (χ0n) is 11.4. The summed E-state index contributed by atoms with van der Waals surface area (Å²) in [4.78, 5) is 4.63. The van der Waals surface area contributed by atoms with Gasteiger partial charge in [-0.1, -0.05) is 38.4 Å². The number of aryl methyl sites for hydroxylation is 1. The van der Waals surface area contributed by atoms with Gasteiger partial charge in [-0.15, -0.1) is 0 Å². The molecule has 3 nitrogen and oxygen atoms in total. The lowest BCUT2D eigenvalue weighted by atomic mass is 9.85. The van der Waals surface area contributed by atoms with Crippen molar-refractivity contribution in [3.05, 3.63) is 29.0 Å². The highest BCUT2D eigenvalue weighted by Gasteiger charge is 2.23. The first-order chi connectivity index (χ1) is 8.30. The van der Waals surface area contributed by atoms with Gasteiger partial charge in [0.15, 0.2) is 0 Å². The van der Waals surface area contributed by atoms with Gasteiger partial charge in [0.2, 0.25) is 0 Å². The Hall–Kier alpha value is -1.06. The molecule has 0 aliphatic rings. The van der Waals surface area contributed by atoms with Gasteiger partial charge in [0.05, 0.1) is 16.1 Å².